The van der Waals surface area contributed by atoms with E-state index in [1.807, 2.05) is 19.9 Å². The number of hydrogen-bond donors (Lipinski definition) is 0. The van der Waals surface area contributed by atoms with Crippen LogP contribution in [0.25, 0.3) is 11.9 Å². The minimum atomic E-state index is -4.64. The fourth-order valence-corrected chi connectivity index (χ4v) is 6.19. The first-order chi connectivity index (χ1) is 20.8. The molecule has 14 heteroatoms. The van der Waals surface area contributed by atoms with Crippen LogP contribution in [0, 0.1) is 19.8 Å². The van der Waals surface area contributed by atoms with Gasteiger partial charge >= 0.3 is 6.18 Å². The molecular formula is C30H29BrF3N7O3. The Morgan fingerprint density at radius 2 is 1.80 bits per heavy atom. The monoisotopic (exact) mass is 671 g/mol. The average Bonchev–Trinajstić information content (AvgIpc) is 3.29. The van der Waals surface area contributed by atoms with Crippen LogP contribution in [0.15, 0.2) is 45.9 Å². The van der Waals surface area contributed by atoms with E-state index in [1.165, 1.54) is 38.7 Å². The number of rotatable bonds is 5. The summed E-state index contributed by atoms with van der Waals surface area (Å²) < 4.78 is 49.2. The number of alkyl halides is 3. The predicted octanol–water partition coefficient (Wildman–Crippen LogP) is 5.37. The minimum Gasteiger partial charge on any atom is -0.487 e. The molecule has 1 atom stereocenters. The molecule has 6 rings (SSSR count). The number of ether oxygens (including phenoxy) is 1. The SMILES string of the molecule is Cc1cc(C)n(-c2nc3c(c(=O)n2-c2ncc(O[C@H]4C[C@@H](C)C4)cn2)C[C@@H](C)N(C(=O)c2ccc(Br)c(C(F)(F)F)c2)C3)n1. The normalized spacial score (nSPS) is 19.8. The van der Waals surface area contributed by atoms with Crippen molar-refractivity contribution >= 4 is 21.8 Å². The first kappa shape index (κ1) is 30.0. The van der Waals surface area contributed by atoms with Gasteiger partial charge in [-0.15, -0.1) is 0 Å². The number of hydrogen-bond acceptors (Lipinski definition) is 7. The first-order valence-electron chi connectivity index (χ1n) is 14.2. The van der Waals surface area contributed by atoms with Crippen LogP contribution in [0.2, 0.25) is 0 Å². The van der Waals surface area contributed by atoms with Crippen molar-refractivity contribution in [3.8, 4) is 17.6 Å². The number of aromatic nitrogens is 6. The van der Waals surface area contributed by atoms with E-state index in [9.17, 15) is 22.8 Å². The van der Waals surface area contributed by atoms with Crippen molar-refractivity contribution in [1.29, 1.82) is 0 Å². The largest absolute Gasteiger partial charge is 0.487 e. The molecule has 10 nitrogen and oxygen atoms in total. The maximum atomic E-state index is 14.1. The van der Waals surface area contributed by atoms with E-state index in [0.717, 1.165) is 18.9 Å². The van der Waals surface area contributed by atoms with Crippen molar-refractivity contribution in [2.75, 3.05) is 0 Å². The summed E-state index contributed by atoms with van der Waals surface area (Å²) in [6.07, 6.45) is 0.578. The molecule has 0 radical (unpaired) electrons. The Morgan fingerprint density at radius 1 is 1.09 bits per heavy atom. The molecule has 1 aromatic carbocycles. The summed E-state index contributed by atoms with van der Waals surface area (Å²) in [6, 6.07) is 4.71. The van der Waals surface area contributed by atoms with Crippen LogP contribution >= 0.6 is 15.9 Å². The van der Waals surface area contributed by atoms with Gasteiger partial charge in [0.2, 0.25) is 11.9 Å². The van der Waals surface area contributed by atoms with Crippen LogP contribution in [-0.4, -0.2) is 52.3 Å². The van der Waals surface area contributed by atoms with Crippen molar-refractivity contribution < 1.29 is 22.7 Å². The lowest BCUT2D eigenvalue weighted by Gasteiger charge is -2.34. The Labute approximate surface area is 259 Å². The summed E-state index contributed by atoms with van der Waals surface area (Å²) in [7, 11) is 0. The summed E-state index contributed by atoms with van der Waals surface area (Å²) >= 11 is 2.92. The number of amides is 1. The smallest absolute Gasteiger partial charge is 0.417 e. The molecule has 1 aliphatic carbocycles. The van der Waals surface area contributed by atoms with Gasteiger partial charge in [0.1, 0.15) is 0 Å². The zero-order chi connectivity index (χ0) is 31.5. The molecular weight excluding hydrogens is 643 g/mol. The quantitative estimate of drug-likeness (QED) is 0.281. The third kappa shape index (κ3) is 5.51. The topological polar surface area (TPSA) is 108 Å². The predicted molar refractivity (Wildman–Crippen MR) is 157 cm³/mol. The number of carbonyl (C=O) groups is 1. The molecule has 3 aromatic heterocycles. The fourth-order valence-electron chi connectivity index (χ4n) is 5.72. The van der Waals surface area contributed by atoms with Gasteiger partial charge in [-0.05, 0) is 70.2 Å². The van der Waals surface area contributed by atoms with Gasteiger partial charge in [0.25, 0.3) is 11.5 Å². The van der Waals surface area contributed by atoms with Crippen molar-refractivity contribution in [3.63, 3.8) is 0 Å². The summed E-state index contributed by atoms with van der Waals surface area (Å²) in [6.45, 7) is 7.45. The van der Waals surface area contributed by atoms with E-state index in [-0.39, 0.29) is 41.0 Å². The van der Waals surface area contributed by atoms with Crippen molar-refractivity contribution in [1.82, 2.24) is 34.2 Å². The maximum Gasteiger partial charge on any atom is 0.417 e. The number of aryl methyl sites for hydroxylation is 2. The number of nitrogens with zero attached hydrogens (tertiary/aromatic N) is 7. The van der Waals surface area contributed by atoms with Gasteiger partial charge in [-0.25, -0.2) is 24.2 Å². The van der Waals surface area contributed by atoms with E-state index in [0.29, 0.717) is 34.3 Å². The molecule has 0 saturated heterocycles. The molecule has 0 unspecified atom stereocenters. The van der Waals surface area contributed by atoms with Crippen LogP contribution in [0.5, 0.6) is 5.75 Å². The lowest BCUT2D eigenvalue weighted by atomic mass is 9.84. The van der Waals surface area contributed by atoms with Gasteiger partial charge in [-0.2, -0.15) is 18.3 Å². The fraction of sp³-hybridized carbons (Fsp3) is 0.400. The second kappa shape index (κ2) is 11.1. The zero-order valence-corrected chi connectivity index (χ0v) is 26.0. The Morgan fingerprint density at radius 3 is 2.41 bits per heavy atom. The van der Waals surface area contributed by atoms with Gasteiger partial charge < -0.3 is 9.64 Å². The summed E-state index contributed by atoms with van der Waals surface area (Å²) in [5.74, 6) is 0.736. The van der Waals surface area contributed by atoms with Crippen LogP contribution < -0.4 is 10.3 Å². The molecule has 4 aromatic rings. The highest BCUT2D eigenvalue weighted by atomic mass is 79.9. The van der Waals surface area contributed by atoms with Gasteiger partial charge in [-0.3, -0.25) is 9.59 Å². The van der Waals surface area contributed by atoms with Gasteiger partial charge in [0.05, 0.1) is 42.0 Å². The molecule has 0 bridgehead atoms. The molecule has 4 heterocycles. The highest BCUT2D eigenvalue weighted by molar-refractivity contribution is 9.10. The van der Waals surface area contributed by atoms with Crippen LogP contribution in [0.1, 0.15) is 65.3 Å². The van der Waals surface area contributed by atoms with Crippen LogP contribution in [0.3, 0.4) is 0 Å². The number of benzene rings is 1. The second-order valence-corrected chi connectivity index (χ2v) is 12.4. The molecule has 230 valence electrons. The molecule has 1 aliphatic heterocycles. The maximum absolute atomic E-state index is 14.1. The standard InChI is InChI=1S/C30H29BrF3N7O3/c1-15-7-20(8-15)44-21-12-35-28(36-13-21)40-27(43)22-10-17(3)39(14-25(22)37-29(40)41-18(4)9-16(2)38-41)26(42)19-5-6-24(31)23(11-19)30(32,33)34/h5-6,9,11-13,15,17,20H,7-8,10,14H2,1-4H3/t15-,17-,20+/m1/s1. The van der Waals surface area contributed by atoms with Gasteiger partial charge in [-0.1, -0.05) is 22.9 Å². The van der Waals surface area contributed by atoms with Crippen molar-refractivity contribution in [3.05, 3.63) is 85.3 Å². The number of halogens is 4. The first-order valence-corrected chi connectivity index (χ1v) is 14.9. The lowest BCUT2D eigenvalue weighted by molar-refractivity contribution is -0.138. The summed E-state index contributed by atoms with van der Waals surface area (Å²) in [5, 5.41) is 4.52. The average molecular weight is 673 g/mol. The Balaban J connectivity index is 1.39. The Kier molecular flexibility index (Phi) is 7.58. The van der Waals surface area contributed by atoms with Crippen LogP contribution in [-0.2, 0) is 19.1 Å². The molecule has 2 aliphatic rings. The Hall–Kier alpha value is -4.07. The van der Waals surface area contributed by atoms with E-state index in [2.05, 4.69) is 37.9 Å². The third-order valence-electron chi connectivity index (χ3n) is 8.02. The molecule has 0 spiro atoms. The van der Waals surface area contributed by atoms with E-state index in [1.54, 1.807) is 6.92 Å². The van der Waals surface area contributed by atoms with Crippen molar-refractivity contribution in [2.45, 2.75) is 71.8 Å². The molecule has 1 fully saturated rings. The van der Waals surface area contributed by atoms with E-state index >= 15 is 0 Å². The van der Waals surface area contributed by atoms with Gasteiger partial charge in [0.15, 0.2) is 5.75 Å². The highest BCUT2D eigenvalue weighted by Gasteiger charge is 2.36. The molecule has 0 N–H and O–H groups in total. The number of carbonyl (C=O) groups excluding carboxylic acids is 1. The second-order valence-electron chi connectivity index (χ2n) is 11.5. The third-order valence-corrected chi connectivity index (χ3v) is 8.71. The van der Waals surface area contributed by atoms with Crippen molar-refractivity contribution in [2.24, 2.45) is 5.92 Å². The van der Waals surface area contributed by atoms with Gasteiger partial charge in [0, 0.05) is 27.3 Å². The molecule has 44 heavy (non-hydrogen) atoms. The Bertz CT molecular complexity index is 1810. The summed E-state index contributed by atoms with van der Waals surface area (Å²) in [5.41, 5.74) is 0.615. The lowest BCUT2D eigenvalue weighted by Crippen LogP contribution is -2.46. The summed E-state index contributed by atoms with van der Waals surface area (Å²) in [4.78, 5) is 42.7. The van der Waals surface area contributed by atoms with Crippen LogP contribution in [0.4, 0.5) is 13.2 Å². The molecule has 1 amide bonds. The minimum absolute atomic E-state index is 0.0808. The highest BCUT2D eigenvalue weighted by Crippen LogP contribution is 2.36. The van der Waals surface area contributed by atoms with E-state index in [4.69, 9.17) is 9.72 Å². The zero-order valence-electron chi connectivity index (χ0n) is 24.4. The molecule has 1 saturated carbocycles. The number of fused-ring (bicyclic) bond motifs is 1. The van der Waals surface area contributed by atoms with E-state index < -0.39 is 29.2 Å².